The molecular weight excluding hydrogens is 439 g/mol. The van der Waals surface area contributed by atoms with Gasteiger partial charge >= 0.3 is 6.18 Å². The summed E-state index contributed by atoms with van der Waals surface area (Å²) < 4.78 is 43.7. The fourth-order valence-electron chi connectivity index (χ4n) is 2.55. The maximum Gasteiger partial charge on any atom is 0.417 e. The third-order valence-electron chi connectivity index (χ3n) is 3.99. The number of carbonyl (C=O) groups excluding carboxylic acids is 3. The third kappa shape index (κ3) is 7.26. The first kappa shape index (κ1) is 24.2. The van der Waals surface area contributed by atoms with Crippen LogP contribution in [0.4, 0.5) is 18.9 Å². The van der Waals surface area contributed by atoms with E-state index in [1.165, 1.54) is 37.3 Å². The molecule has 0 atom stereocenters. The fourth-order valence-corrected chi connectivity index (χ4v) is 2.77. The quantitative estimate of drug-likeness (QED) is 0.666. The number of amides is 3. The van der Waals surface area contributed by atoms with Gasteiger partial charge in [-0.1, -0.05) is 11.6 Å². The summed E-state index contributed by atoms with van der Waals surface area (Å²) in [5, 5.41) is 4.01. The number of nitrogens with zero attached hydrogens (tertiary/aromatic N) is 1. The molecule has 0 fully saturated rings. The highest BCUT2D eigenvalue weighted by molar-refractivity contribution is 6.31. The molecule has 11 heteroatoms. The molecule has 0 unspecified atom stereocenters. The molecule has 0 aliphatic carbocycles. The van der Waals surface area contributed by atoms with Crippen molar-refractivity contribution in [3.05, 3.63) is 58.6 Å². The molecule has 0 aliphatic heterocycles. The van der Waals surface area contributed by atoms with Crippen LogP contribution in [-0.4, -0.2) is 49.9 Å². The van der Waals surface area contributed by atoms with Gasteiger partial charge in [-0.3, -0.25) is 24.6 Å². The van der Waals surface area contributed by atoms with Crippen molar-refractivity contribution in [3.63, 3.8) is 0 Å². The average Bonchev–Trinajstić information content (AvgIpc) is 2.68. The maximum atomic E-state index is 12.9. The number of carbonyl (C=O) groups is 3. The molecule has 3 amide bonds. The Morgan fingerprint density at radius 3 is 2.23 bits per heavy atom. The number of benzene rings is 2. The van der Waals surface area contributed by atoms with E-state index >= 15 is 0 Å². The van der Waals surface area contributed by atoms with Crippen LogP contribution in [0.15, 0.2) is 42.5 Å². The van der Waals surface area contributed by atoms with Gasteiger partial charge in [0.15, 0.2) is 0 Å². The lowest BCUT2D eigenvalue weighted by Crippen LogP contribution is -2.41. The van der Waals surface area contributed by atoms with E-state index in [1.807, 2.05) is 0 Å². The second kappa shape index (κ2) is 10.3. The number of halogens is 4. The molecular formula is C20H19ClF3N3O4. The molecule has 2 N–H and O–H groups in total. The van der Waals surface area contributed by atoms with Gasteiger partial charge in [0, 0.05) is 11.3 Å². The number of methoxy groups -OCH3 is 1. The lowest BCUT2D eigenvalue weighted by molar-refractivity contribution is -0.137. The Labute approximate surface area is 181 Å². The second-order valence-corrected chi connectivity index (χ2v) is 6.93. The van der Waals surface area contributed by atoms with Crippen molar-refractivity contribution in [2.24, 2.45) is 0 Å². The highest BCUT2D eigenvalue weighted by Gasteiger charge is 2.33. The predicted molar refractivity (Wildman–Crippen MR) is 108 cm³/mol. The van der Waals surface area contributed by atoms with Crippen LogP contribution >= 0.6 is 11.6 Å². The molecule has 7 nitrogen and oxygen atoms in total. The van der Waals surface area contributed by atoms with Crippen LogP contribution in [0, 0.1) is 0 Å². The number of ether oxygens (including phenoxy) is 1. The fraction of sp³-hybridized carbons (Fsp3) is 0.250. The molecule has 0 aromatic heterocycles. The van der Waals surface area contributed by atoms with Crippen LogP contribution in [0.5, 0.6) is 5.75 Å². The number of imide groups is 1. The molecule has 0 bridgehead atoms. The minimum atomic E-state index is -4.66. The molecule has 166 valence electrons. The molecule has 31 heavy (non-hydrogen) atoms. The number of hydrogen-bond donors (Lipinski definition) is 2. The SMILES string of the molecule is COc1ccc(C(=O)NC(=O)CN(C)CC(=O)Nc2ccc(Cl)c(C(F)(F)F)c2)cc1. The van der Waals surface area contributed by atoms with Crippen molar-refractivity contribution in [3.8, 4) is 5.75 Å². The Kier molecular flexibility index (Phi) is 8.01. The van der Waals surface area contributed by atoms with Crippen molar-refractivity contribution in [2.75, 3.05) is 32.6 Å². The molecule has 0 heterocycles. The Bertz CT molecular complexity index is 965. The summed E-state index contributed by atoms with van der Waals surface area (Å²) in [6.45, 7) is -0.585. The molecule has 2 rings (SSSR count). The van der Waals surface area contributed by atoms with E-state index in [-0.39, 0.29) is 24.3 Å². The van der Waals surface area contributed by atoms with Gasteiger partial charge in [0.05, 0.1) is 30.8 Å². The van der Waals surface area contributed by atoms with E-state index in [1.54, 1.807) is 12.1 Å². The van der Waals surface area contributed by atoms with E-state index in [0.29, 0.717) is 5.75 Å². The lowest BCUT2D eigenvalue weighted by atomic mass is 10.2. The zero-order valence-electron chi connectivity index (χ0n) is 16.5. The summed E-state index contributed by atoms with van der Waals surface area (Å²) in [6, 6.07) is 9.09. The van der Waals surface area contributed by atoms with Gasteiger partial charge in [0.1, 0.15) is 5.75 Å². The van der Waals surface area contributed by atoms with Gasteiger partial charge in [-0.25, -0.2) is 0 Å². The summed E-state index contributed by atoms with van der Waals surface area (Å²) in [4.78, 5) is 37.5. The second-order valence-electron chi connectivity index (χ2n) is 6.52. The summed E-state index contributed by atoms with van der Waals surface area (Å²) in [7, 11) is 2.92. The van der Waals surface area contributed by atoms with E-state index < -0.39 is 34.5 Å². The van der Waals surface area contributed by atoms with E-state index in [2.05, 4.69) is 10.6 Å². The number of anilines is 1. The Balaban J connectivity index is 1.87. The topological polar surface area (TPSA) is 87.7 Å². The highest BCUT2D eigenvalue weighted by atomic mass is 35.5. The van der Waals surface area contributed by atoms with E-state index in [9.17, 15) is 27.6 Å². The first-order chi connectivity index (χ1) is 14.5. The molecule has 2 aromatic rings. The molecule has 0 aliphatic rings. The van der Waals surface area contributed by atoms with Gasteiger partial charge < -0.3 is 10.1 Å². The van der Waals surface area contributed by atoms with E-state index in [4.69, 9.17) is 16.3 Å². The number of rotatable bonds is 7. The molecule has 0 saturated heterocycles. The summed E-state index contributed by atoms with van der Waals surface area (Å²) >= 11 is 5.54. The standard InChI is InChI=1S/C20H19ClF3N3O4/c1-27(11-18(29)26-19(30)12-3-6-14(31-2)7-4-12)10-17(28)25-13-5-8-16(21)15(9-13)20(22,23)24/h3-9H,10-11H2,1-2H3,(H,25,28)(H,26,29,30). The number of hydrogen-bond acceptors (Lipinski definition) is 5. The Morgan fingerprint density at radius 1 is 1.03 bits per heavy atom. The lowest BCUT2D eigenvalue weighted by Gasteiger charge is -2.16. The molecule has 0 saturated carbocycles. The van der Waals surface area contributed by atoms with Crippen LogP contribution in [0.1, 0.15) is 15.9 Å². The predicted octanol–water partition coefficient (Wildman–Crippen LogP) is 3.19. The van der Waals surface area contributed by atoms with Crippen molar-refractivity contribution in [2.45, 2.75) is 6.18 Å². The first-order valence-corrected chi connectivity index (χ1v) is 9.20. The Morgan fingerprint density at radius 2 is 1.65 bits per heavy atom. The van der Waals surface area contributed by atoms with E-state index in [0.717, 1.165) is 12.1 Å². The van der Waals surface area contributed by atoms with Crippen LogP contribution < -0.4 is 15.4 Å². The Hall–Kier alpha value is -3.11. The van der Waals surface area contributed by atoms with Crippen molar-refractivity contribution < 1.29 is 32.3 Å². The van der Waals surface area contributed by atoms with Crippen LogP contribution in [0.2, 0.25) is 5.02 Å². The zero-order chi connectivity index (χ0) is 23.2. The molecule has 0 radical (unpaired) electrons. The molecule has 0 spiro atoms. The molecule has 2 aromatic carbocycles. The average molecular weight is 458 g/mol. The third-order valence-corrected chi connectivity index (χ3v) is 4.32. The largest absolute Gasteiger partial charge is 0.497 e. The highest BCUT2D eigenvalue weighted by Crippen LogP contribution is 2.36. The van der Waals surface area contributed by atoms with Crippen LogP contribution in [0.3, 0.4) is 0 Å². The van der Waals surface area contributed by atoms with Gasteiger partial charge in [0.2, 0.25) is 11.8 Å². The first-order valence-electron chi connectivity index (χ1n) is 8.83. The zero-order valence-corrected chi connectivity index (χ0v) is 17.3. The van der Waals surface area contributed by atoms with Crippen LogP contribution in [-0.2, 0) is 15.8 Å². The number of likely N-dealkylation sites (N-methyl/N-ethyl adjacent to an activating group) is 1. The monoisotopic (exact) mass is 457 g/mol. The van der Waals surface area contributed by atoms with Crippen LogP contribution in [0.25, 0.3) is 0 Å². The van der Waals surface area contributed by atoms with Crippen molar-refractivity contribution in [1.29, 1.82) is 0 Å². The van der Waals surface area contributed by atoms with Gasteiger partial charge in [0.25, 0.3) is 5.91 Å². The smallest absolute Gasteiger partial charge is 0.417 e. The number of nitrogens with one attached hydrogen (secondary N) is 2. The van der Waals surface area contributed by atoms with Crippen molar-refractivity contribution >= 4 is 35.0 Å². The van der Waals surface area contributed by atoms with Gasteiger partial charge in [-0.15, -0.1) is 0 Å². The van der Waals surface area contributed by atoms with Gasteiger partial charge in [-0.05, 0) is 49.5 Å². The van der Waals surface area contributed by atoms with Gasteiger partial charge in [-0.2, -0.15) is 13.2 Å². The minimum Gasteiger partial charge on any atom is -0.497 e. The van der Waals surface area contributed by atoms with Crippen molar-refractivity contribution in [1.82, 2.24) is 10.2 Å². The maximum absolute atomic E-state index is 12.9. The summed E-state index contributed by atoms with van der Waals surface area (Å²) in [5.41, 5.74) is -0.913. The minimum absolute atomic E-state index is 0.0886. The normalized spacial score (nSPS) is 11.2. The number of alkyl halides is 3. The summed E-state index contributed by atoms with van der Waals surface area (Å²) in [5.74, 6) is -1.36. The summed E-state index contributed by atoms with van der Waals surface area (Å²) in [6.07, 6.45) is -4.66.